The van der Waals surface area contributed by atoms with Crippen LogP contribution in [0.4, 0.5) is 0 Å². The standard InChI is InChI=1S/C18H20O8S2/c1-12-3-7-14(8-4-12)27(22,23)18(17(21)16(20)11-19)26-28(24,25)15-9-5-13(2)6-10-15/h3-10,18-19,22-23H,11H2,1-2H3. The number of hydrogen-bond donors (Lipinski definition) is 3. The molecule has 0 amide bonds. The lowest BCUT2D eigenvalue weighted by Crippen LogP contribution is -2.38. The van der Waals surface area contributed by atoms with Crippen LogP contribution in [0.3, 0.4) is 0 Å². The normalized spacial score (nSPS) is 13.8. The van der Waals surface area contributed by atoms with Crippen molar-refractivity contribution in [2.75, 3.05) is 6.61 Å². The highest BCUT2D eigenvalue weighted by Gasteiger charge is 2.42. The molecule has 0 aromatic heterocycles. The lowest BCUT2D eigenvalue weighted by atomic mass is 10.2. The van der Waals surface area contributed by atoms with E-state index >= 15 is 0 Å². The molecule has 28 heavy (non-hydrogen) atoms. The smallest absolute Gasteiger partial charge is 0.299 e. The topological polar surface area (TPSA) is 138 Å². The van der Waals surface area contributed by atoms with Gasteiger partial charge in [-0.3, -0.25) is 18.7 Å². The second kappa shape index (κ2) is 8.52. The van der Waals surface area contributed by atoms with Gasteiger partial charge < -0.3 is 5.11 Å². The number of carbonyl (C=O) groups is 2. The number of aliphatic hydroxyl groups is 1. The average Bonchev–Trinajstić information content (AvgIpc) is 2.65. The number of hydrogen-bond acceptors (Lipinski definition) is 8. The number of Topliss-reactive ketones (excluding diaryl/α,β-unsaturated/α-hetero) is 2. The van der Waals surface area contributed by atoms with Gasteiger partial charge in [0.2, 0.25) is 11.2 Å². The summed E-state index contributed by atoms with van der Waals surface area (Å²) in [6.45, 7) is 2.25. The fraction of sp³-hybridized carbons (Fsp3) is 0.222. The Morgan fingerprint density at radius 1 is 0.893 bits per heavy atom. The molecule has 1 atom stereocenters. The van der Waals surface area contributed by atoms with E-state index in [2.05, 4.69) is 0 Å². The minimum atomic E-state index is -4.62. The van der Waals surface area contributed by atoms with Crippen LogP contribution in [0.25, 0.3) is 0 Å². The van der Waals surface area contributed by atoms with Crippen molar-refractivity contribution in [1.82, 2.24) is 0 Å². The molecule has 0 aliphatic heterocycles. The van der Waals surface area contributed by atoms with Crippen molar-refractivity contribution in [3.8, 4) is 0 Å². The van der Waals surface area contributed by atoms with Crippen LogP contribution in [0.1, 0.15) is 11.1 Å². The van der Waals surface area contributed by atoms with E-state index in [-0.39, 0.29) is 9.79 Å². The second-order valence-corrected chi connectivity index (χ2v) is 9.70. The third-order valence-electron chi connectivity index (χ3n) is 3.82. The van der Waals surface area contributed by atoms with Gasteiger partial charge in [0.15, 0.2) is 0 Å². The maximum absolute atomic E-state index is 12.5. The highest BCUT2D eigenvalue weighted by Crippen LogP contribution is 2.54. The van der Waals surface area contributed by atoms with Gasteiger partial charge in [0.05, 0.1) is 9.79 Å². The largest absolute Gasteiger partial charge is 0.388 e. The van der Waals surface area contributed by atoms with Gasteiger partial charge in [0.1, 0.15) is 6.61 Å². The third-order valence-corrected chi connectivity index (χ3v) is 7.11. The fourth-order valence-corrected chi connectivity index (χ4v) is 5.06. The van der Waals surface area contributed by atoms with Crippen molar-refractivity contribution in [2.45, 2.75) is 29.1 Å². The Hall–Kier alpha value is -2.08. The molecule has 0 saturated heterocycles. The highest BCUT2D eigenvalue weighted by molar-refractivity contribution is 8.25. The van der Waals surface area contributed by atoms with Crippen molar-refractivity contribution in [2.24, 2.45) is 0 Å². The van der Waals surface area contributed by atoms with Crippen LogP contribution in [0.15, 0.2) is 58.3 Å². The predicted molar refractivity (Wildman–Crippen MR) is 103 cm³/mol. The highest BCUT2D eigenvalue weighted by atomic mass is 32.3. The molecular formula is C18H20O8S2. The summed E-state index contributed by atoms with van der Waals surface area (Å²) >= 11 is 0. The summed E-state index contributed by atoms with van der Waals surface area (Å²) in [7, 11) is -8.82. The fourth-order valence-electron chi connectivity index (χ4n) is 2.19. The number of ketones is 2. The number of rotatable bonds is 8. The first-order valence-electron chi connectivity index (χ1n) is 8.00. The zero-order chi connectivity index (χ0) is 21.1. The maximum Gasteiger partial charge on any atom is 0.299 e. The Morgan fingerprint density at radius 2 is 1.32 bits per heavy atom. The molecule has 2 aromatic rings. The van der Waals surface area contributed by atoms with E-state index in [0.717, 1.165) is 11.1 Å². The predicted octanol–water partition coefficient (Wildman–Crippen LogP) is 2.28. The first kappa shape index (κ1) is 22.2. The van der Waals surface area contributed by atoms with Crippen molar-refractivity contribution in [3.63, 3.8) is 0 Å². The van der Waals surface area contributed by atoms with E-state index in [4.69, 9.17) is 9.29 Å². The van der Waals surface area contributed by atoms with Gasteiger partial charge in [-0.1, -0.05) is 35.4 Å². The number of benzene rings is 2. The number of aliphatic hydroxyl groups excluding tert-OH is 1. The van der Waals surface area contributed by atoms with Gasteiger partial charge in [-0.15, -0.1) is 10.6 Å². The molecule has 1 unspecified atom stereocenters. The molecule has 0 heterocycles. The summed E-state index contributed by atoms with van der Waals surface area (Å²) in [6, 6.07) is 11.0. The summed E-state index contributed by atoms with van der Waals surface area (Å²) in [5, 5.41) is 8.94. The molecule has 0 aliphatic carbocycles. The Bertz CT molecular complexity index is 964. The lowest BCUT2D eigenvalue weighted by Gasteiger charge is -2.37. The number of carbonyl (C=O) groups excluding carboxylic acids is 2. The SMILES string of the molecule is Cc1ccc(S(O)(O)C(OS(=O)(=O)c2ccc(C)cc2)C(=O)C(=O)CO)cc1. The average molecular weight is 428 g/mol. The lowest BCUT2D eigenvalue weighted by molar-refractivity contribution is -0.140. The van der Waals surface area contributed by atoms with Crippen LogP contribution in [-0.4, -0.2) is 46.2 Å². The molecule has 0 spiro atoms. The summed E-state index contributed by atoms with van der Waals surface area (Å²) in [5.41, 5.74) is -0.881. The second-order valence-electron chi connectivity index (χ2n) is 6.05. The monoisotopic (exact) mass is 428 g/mol. The quantitative estimate of drug-likeness (QED) is 0.430. The van der Waals surface area contributed by atoms with Crippen LogP contribution in [0.2, 0.25) is 0 Å². The first-order valence-corrected chi connectivity index (χ1v) is 11.0. The van der Waals surface area contributed by atoms with E-state index in [0.29, 0.717) is 0 Å². The summed E-state index contributed by atoms with van der Waals surface area (Å²) in [5.74, 6) is -2.96. The number of aryl methyl sites for hydroxylation is 2. The van der Waals surface area contributed by atoms with Gasteiger partial charge in [0, 0.05) is 0 Å². The van der Waals surface area contributed by atoms with Crippen LogP contribution in [-0.2, 0) is 23.9 Å². The van der Waals surface area contributed by atoms with E-state index in [1.165, 1.54) is 48.5 Å². The molecule has 2 aromatic carbocycles. The van der Waals surface area contributed by atoms with Gasteiger partial charge in [-0.05, 0) is 38.1 Å². The van der Waals surface area contributed by atoms with Crippen molar-refractivity contribution < 1.29 is 36.4 Å². The van der Waals surface area contributed by atoms with Gasteiger partial charge in [-0.2, -0.15) is 8.42 Å². The van der Waals surface area contributed by atoms with Crippen molar-refractivity contribution in [3.05, 3.63) is 59.7 Å². The van der Waals surface area contributed by atoms with Crippen molar-refractivity contribution in [1.29, 1.82) is 0 Å². The Kier molecular flexibility index (Phi) is 6.75. The van der Waals surface area contributed by atoms with E-state index in [9.17, 15) is 27.1 Å². The van der Waals surface area contributed by atoms with E-state index in [1.807, 2.05) is 0 Å². The molecule has 0 aliphatic rings. The summed E-state index contributed by atoms with van der Waals surface area (Å²) in [6.07, 6.45) is 0. The van der Waals surface area contributed by atoms with E-state index in [1.54, 1.807) is 13.8 Å². The van der Waals surface area contributed by atoms with Crippen molar-refractivity contribution >= 4 is 32.3 Å². The third kappa shape index (κ3) is 4.85. The molecule has 3 N–H and O–H groups in total. The van der Waals surface area contributed by atoms with E-state index < -0.39 is 44.3 Å². The van der Waals surface area contributed by atoms with Crippen LogP contribution in [0, 0.1) is 13.8 Å². The van der Waals surface area contributed by atoms with Crippen LogP contribution >= 0.6 is 10.6 Å². The molecule has 8 nitrogen and oxygen atoms in total. The molecule has 0 bridgehead atoms. The Balaban J connectivity index is 2.50. The molecule has 2 rings (SSSR count). The maximum atomic E-state index is 12.5. The molecular weight excluding hydrogens is 408 g/mol. The zero-order valence-electron chi connectivity index (χ0n) is 15.1. The van der Waals surface area contributed by atoms with Gasteiger partial charge in [0.25, 0.3) is 15.9 Å². The summed E-state index contributed by atoms with van der Waals surface area (Å²) < 4.78 is 51.1. The molecule has 152 valence electrons. The molecule has 0 saturated carbocycles. The van der Waals surface area contributed by atoms with Gasteiger partial charge >= 0.3 is 0 Å². The minimum absolute atomic E-state index is 0.179. The zero-order valence-corrected chi connectivity index (χ0v) is 16.7. The van der Waals surface area contributed by atoms with Crippen LogP contribution in [0.5, 0.6) is 0 Å². The summed E-state index contributed by atoms with van der Waals surface area (Å²) in [4.78, 5) is 23.5. The van der Waals surface area contributed by atoms with Gasteiger partial charge in [-0.25, -0.2) is 4.18 Å². The molecule has 0 fully saturated rings. The first-order chi connectivity index (χ1) is 13.0. The molecule has 0 radical (unpaired) electrons. The molecule has 10 heteroatoms. The Labute approximate surface area is 164 Å². The Morgan fingerprint density at radius 3 is 1.75 bits per heavy atom. The minimum Gasteiger partial charge on any atom is -0.388 e. The van der Waals surface area contributed by atoms with Crippen LogP contribution < -0.4 is 0 Å².